The van der Waals surface area contributed by atoms with Crippen LogP contribution < -0.4 is 4.90 Å². The summed E-state index contributed by atoms with van der Waals surface area (Å²) >= 11 is 0. The second kappa shape index (κ2) is 5.60. The SMILES string of the molecule is Cc1ccc(S(=O)(=O)C2(C#N)Cc3ccccc3N3CCCC32)cc1. The highest BCUT2D eigenvalue weighted by atomic mass is 32.2. The number of aryl methyl sites for hydroxylation is 1. The highest BCUT2D eigenvalue weighted by Crippen LogP contribution is 2.46. The Hall–Kier alpha value is -2.32. The minimum absolute atomic E-state index is 0.242. The average Bonchev–Trinajstić information content (AvgIpc) is 3.11. The van der Waals surface area contributed by atoms with E-state index < -0.39 is 14.6 Å². The van der Waals surface area contributed by atoms with Gasteiger partial charge in [-0.25, -0.2) is 8.42 Å². The van der Waals surface area contributed by atoms with E-state index in [1.165, 1.54) is 0 Å². The van der Waals surface area contributed by atoms with E-state index in [0.29, 0.717) is 0 Å². The Morgan fingerprint density at radius 1 is 1.16 bits per heavy atom. The van der Waals surface area contributed by atoms with Crippen LogP contribution in [-0.2, 0) is 16.3 Å². The summed E-state index contributed by atoms with van der Waals surface area (Å²) < 4.78 is 25.7. The van der Waals surface area contributed by atoms with Gasteiger partial charge in [-0.05, 0) is 43.5 Å². The van der Waals surface area contributed by atoms with Crippen LogP contribution in [0.15, 0.2) is 53.4 Å². The number of hydrogen-bond acceptors (Lipinski definition) is 4. The van der Waals surface area contributed by atoms with E-state index in [-0.39, 0.29) is 17.4 Å². The van der Waals surface area contributed by atoms with Crippen molar-refractivity contribution in [3.8, 4) is 6.07 Å². The molecule has 0 aliphatic carbocycles. The maximum atomic E-state index is 13.6. The topological polar surface area (TPSA) is 61.2 Å². The van der Waals surface area contributed by atoms with E-state index in [1.807, 2.05) is 31.2 Å². The zero-order chi connectivity index (χ0) is 17.7. The predicted octanol–water partition coefficient (Wildman–Crippen LogP) is 3.26. The molecule has 2 aliphatic heterocycles. The highest BCUT2D eigenvalue weighted by Gasteiger charge is 2.57. The zero-order valence-corrected chi connectivity index (χ0v) is 15.0. The molecule has 1 fully saturated rings. The van der Waals surface area contributed by atoms with Crippen LogP contribution in [0.1, 0.15) is 24.0 Å². The van der Waals surface area contributed by atoms with Crippen molar-refractivity contribution >= 4 is 15.5 Å². The van der Waals surface area contributed by atoms with E-state index in [1.54, 1.807) is 24.3 Å². The van der Waals surface area contributed by atoms with Crippen molar-refractivity contribution in [3.05, 3.63) is 59.7 Å². The summed E-state index contributed by atoms with van der Waals surface area (Å²) in [6.07, 6.45) is 1.88. The second-order valence-corrected chi connectivity index (χ2v) is 9.18. The van der Waals surface area contributed by atoms with Gasteiger partial charge in [0.25, 0.3) is 0 Å². The molecule has 4 nitrogen and oxygen atoms in total. The lowest BCUT2D eigenvalue weighted by Crippen LogP contribution is -2.58. The van der Waals surface area contributed by atoms with E-state index in [0.717, 1.165) is 36.2 Å². The fourth-order valence-electron chi connectivity index (χ4n) is 4.26. The summed E-state index contributed by atoms with van der Waals surface area (Å²) in [4.78, 5) is 2.37. The summed E-state index contributed by atoms with van der Waals surface area (Å²) in [5.41, 5.74) is 3.02. The van der Waals surface area contributed by atoms with Gasteiger partial charge in [-0.3, -0.25) is 0 Å². The van der Waals surface area contributed by atoms with Crippen LogP contribution >= 0.6 is 0 Å². The fraction of sp³-hybridized carbons (Fsp3) is 0.350. The van der Waals surface area contributed by atoms with Gasteiger partial charge in [0.05, 0.1) is 17.0 Å². The van der Waals surface area contributed by atoms with Crippen LogP contribution in [0, 0.1) is 18.3 Å². The normalized spacial score (nSPS) is 25.1. The first kappa shape index (κ1) is 16.2. The molecule has 4 rings (SSSR count). The molecule has 2 aromatic rings. The van der Waals surface area contributed by atoms with Crippen LogP contribution in [0.4, 0.5) is 5.69 Å². The number of para-hydroxylation sites is 1. The van der Waals surface area contributed by atoms with Gasteiger partial charge in [0.2, 0.25) is 0 Å². The van der Waals surface area contributed by atoms with Crippen molar-refractivity contribution in [3.63, 3.8) is 0 Å². The smallest absolute Gasteiger partial charge is 0.199 e. The van der Waals surface area contributed by atoms with E-state index in [4.69, 9.17) is 0 Å². The first-order valence-corrected chi connectivity index (χ1v) is 10.0. The molecular formula is C20H20N2O2S. The van der Waals surface area contributed by atoms with Gasteiger partial charge in [-0.2, -0.15) is 5.26 Å². The number of fused-ring (bicyclic) bond motifs is 3. The van der Waals surface area contributed by atoms with Crippen molar-refractivity contribution in [2.75, 3.05) is 11.4 Å². The third-order valence-corrected chi connectivity index (χ3v) is 7.90. The maximum absolute atomic E-state index is 13.6. The lowest BCUT2D eigenvalue weighted by Gasteiger charge is -2.44. The number of rotatable bonds is 2. The molecule has 128 valence electrons. The first-order chi connectivity index (χ1) is 12.0. The molecule has 2 aliphatic rings. The molecule has 0 spiro atoms. The Labute approximate surface area is 148 Å². The molecule has 2 aromatic carbocycles. The van der Waals surface area contributed by atoms with Gasteiger partial charge in [0.1, 0.15) is 0 Å². The molecule has 2 unspecified atom stereocenters. The molecule has 1 saturated heterocycles. The summed E-state index contributed by atoms with van der Waals surface area (Å²) in [7, 11) is -3.79. The largest absolute Gasteiger partial charge is 0.366 e. The monoisotopic (exact) mass is 352 g/mol. The van der Waals surface area contributed by atoms with Crippen molar-refractivity contribution in [2.45, 2.75) is 41.9 Å². The molecule has 5 heteroatoms. The quantitative estimate of drug-likeness (QED) is 0.832. The lowest BCUT2D eigenvalue weighted by atomic mass is 9.86. The van der Waals surface area contributed by atoms with Gasteiger partial charge in [0.15, 0.2) is 14.6 Å². The molecule has 0 N–H and O–H groups in total. The van der Waals surface area contributed by atoms with E-state index in [2.05, 4.69) is 11.0 Å². The Balaban J connectivity index is 1.92. The molecule has 0 bridgehead atoms. The Morgan fingerprint density at radius 3 is 2.60 bits per heavy atom. The Morgan fingerprint density at radius 2 is 1.88 bits per heavy atom. The highest BCUT2D eigenvalue weighted by molar-refractivity contribution is 7.93. The van der Waals surface area contributed by atoms with Crippen LogP contribution in [0.2, 0.25) is 0 Å². The standard InChI is InChI=1S/C20H20N2O2S/c1-15-8-10-17(11-9-15)25(23,24)20(14-21)13-16-5-2-3-6-18(16)22-12-4-7-19(20)22/h2-3,5-6,8-11,19H,4,7,12-13H2,1H3. The summed E-state index contributed by atoms with van der Waals surface area (Å²) in [5, 5.41) is 10.1. The molecular weight excluding hydrogens is 332 g/mol. The molecule has 2 atom stereocenters. The molecule has 0 radical (unpaired) electrons. The first-order valence-electron chi connectivity index (χ1n) is 8.57. The summed E-state index contributed by atoms with van der Waals surface area (Å²) in [6.45, 7) is 2.72. The van der Waals surface area contributed by atoms with Gasteiger partial charge < -0.3 is 4.90 Å². The number of hydrogen-bond donors (Lipinski definition) is 0. The van der Waals surface area contributed by atoms with E-state index in [9.17, 15) is 13.7 Å². The molecule has 25 heavy (non-hydrogen) atoms. The minimum atomic E-state index is -3.79. The predicted molar refractivity (Wildman–Crippen MR) is 97.2 cm³/mol. The van der Waals surface area contributed by atoms with Gasteiger partial charge in [-0.15, -0.1) is 0 Å². The van der Waals surface area contributed by atoms with E-state index >= 15 is 0 Å². The Kier molecular flexibility index (Phi) is 3.62. The van der Waals surface area contributed by atoms with Crippen LogP contribution in [-0.4, -0.2) is 25.8 Å². The second-order valence-electron chi connectivity index (χ2n) is 6.97. The van der Waals surface area contributed by atoms with Crippen LogP contribution in [0.5, 0.6) is 0 Å². The van der Waals surface area contributed by atoms with Crippen LogP contribution in [0.25, 0.3) is 0 Å². The van der Waals surface area contributed by atoms with Crippen molar-refractivity contribution in [1.29, 1.82) is 5.26 Å². The fourth-order valence-corrected chi connectivity index (χ4v) is 6.24. The molecule has 0 saturated carbocycles. The minimum Gasteiger partial charge on any atom is -0.366 e. The third-order valence-electron chi connectivity index (χ3n) is 5.55. The van der Waals surface area contributed by atoms with Gasteiger partial charge >= 0.3 is 0 Å². The average molecular weight is 352 g/mol. The number of nitriles is 1. The van der Waals surface area contributed by atoms with Crippen LogP contribution in [0.3, 0.4) is 0 Å². The number of anilines is 1. The van der Waals surface area contributed by atoms with Crippen molar-refractivity contribution < 1.29 is 8.42 Å². The maximum Gasteiger partial charge on any atom is 0.199 e. The third kappa shape index (κ3) is 2.21. The molecule has 2 heterocycles. The Bertz CT molecular complexity index is 960. The summed E-state index contributed by atoms with van der Waals surface area (Å²) in [6, 6.07) is 16.7. The number of sulfone groups is 1. The lowest BCUT2D eigenvalue weighted by molar-refractivity contribution is 0.476. The molecule has 0 amide bonds. The zero-order valence-electron chi connectivity index (χ0n) is 14.1. The summed E-state index contributed by atoms with van der Waals surface area (Å²) in [5.74, 6) is 0. The number of benzene rings is 2. The molecule has 0 aromatic heterocycles. The number of nitrogens with zero attached hydrogens (tertiary/aromatic N) is 2. The van der Waals surface area contributed by atoms with Crippen molar-refractivity contribution in [2.24, 2.45) is 0 Å². The van der Waals surface area contributed by atoms with Gasteiger partial charge in [-0.1, -0.05) is 35.9 Å². The van der Waals surface area contributed by atoms with Crippen molar-refractivity contribution in [1.82, 2.24) is 0 Å². The van der Waals surface area contributed by atoms with Gasteiger partial charge in [0, 0.05) is 18.7 Å².